The molecule has 0 bridgehead atoms. The molecular weight excluding hydrogens is 384 g/mol. The quantitative estimate of drug-likeness (QED) is 0.314. The first-order valence-corrected chi connectivity index (χ1v) is 11.6. The molecule has 0 heteroatoms. The van der Waals surface area contributed by atoms with Gasteiger partial charge in [-0.05, 0) is 70.2 Å². The van der Waals surface area contributed by atoms with Crippen molar-refractivity contribution in [1.82, 2.24) is 0 Å². The van der Waals surface area contributed by atoms with Crippen molar-refractivity contribution in [3.05, 3.63) is 144 Å². The first-order chi connectivity index (χ1) is 15.9. The molecule has 1 aliphatic carbocycles. The maximum Gasteiger partial charge on any atom is -0.0221 e. The number of hydrogen-bond acceptors (Lipinski definition) is 0. The minimum atomic E-state index is 1.04. The Morgan fingerprint density at radius 2 is 0.438 bits per heavy atom. The largest absolute Gasteiger partial charge is 0.0622 e. The second kappa shape index (κ2) is 9.66. The molecule has 0 nitrogen and oxygen atoms in total. The Labute approximate surface area is 191 Å². The topological polar surface area (TPSA) is 0 Å². The molecule has 0 spiro atoms. The average molecular weight is 413 g/mol. The van der Waals surface area contributed by atoms with Crippen LogP contribution in [-0.4, -0.2) is 0 Å². The summed E-state index contributed by atoms with van der Waals surface area (Å²) in [5.74, 6) is 0. The summed E-state index contributed by atoms with van der Waals surface area (Å²) >= 11 is 0. The van der Waals surface area contributed by atoms with E-state index in [2.05, 4.69) is 121 Å². The summed E-state index contributed by atoms with van der Waals surface area (Å²) in [5.41, 5.74) is 11.3. The second-order valence-corrected chi connectivity index (χ2v) is 8.38. The van der Waals surface area contributed by atoms with Gasteiger partial charge in [0.05, 0.1) is 0 Å². The molecule has 0 unspecified atom stereocenters. The van der Waals surface area contributed by atoms with Gasteiger partial charge in [0, 0.05) is 0 Å². The van der Waals surface area contributed by atoms with Gasteiger partial charge in [-0.1, -0.05) is 121 Å². The van der Waals surface area contributed by atoms with Gasteiger partial charge in [-0.15, -0.1) is 0 Å². The average Bonchev–Trinajstić information content (AvgIpc) is 2.86. The van der Waals surface area contributed by atoms with Crippen molar-refractivity contribution < 1.29 is 0 Å². The Morgan fingerprint density at radius 3 is 0.625 bits per heavy atom. The van der Waals surface area contributed by atoms with Crippen molar-refractivity contribution in [2.45, 2.75) is 25.7 Å². The van der Waals surface area contributed by atoms with Gasteiger partial charge in [0.15, 0.2) is 0 Å². The van der Waals surface area contributed by atoms with E-state index in [1.807, 2.05) is 0 Å². The molecule has 4 aromatic rings. The Balaban J connectivity index is 1.64. The van der Waals surface area contributed by atoms with Gasteiger partial charge in [-0.3, -0.25) is 0 Å². The Hall–Kier alpha value is -3.64. The zero-order valence-electron chi connectivity index (χ0n) is 18.4. The van der Waals surface area contributed by atoms with E-state index in [0.29, 0.717) is 0 Å². The summed E-state index contributed by atoms with van der Waals surface area (Å²) in [4.78, 5) is 0. The highest BCUT2D eigenvalue weighted by Gasteiger charge is 2.20. The molecule has 0 heterocycles. The van der Waals surface area contributed by atoms with Crippen LogP contribution in [-0.2, 0) is 0 Å². The van der Waals surface area contributed by atoms with Crippen LogP contribution in [0.1, 0.15) is 47.9 Å². The maximum absolute atomic E-state index is 2.27. The van der Waals surface area contributed by atoms with Crippen LogP contribution in [0.3, 0.4) is 0 Å². The lowest BCUT2D eigenvalue weighted by Gasteiger charge is -2.24. The van der Waals surface area contributed by atoms with Crippen molar-refractivity contribution in [3.8, 4) is 0 Å². The van der Waals surface area contributed by atoms with Gasteiger partial charge in [0.25, 0.3) is 0 Å². The number of rotatable bonds is 4. The van der Waals surface area contributed by atoms with Crippen molar-refractivity contribution >= 4 is 22.3 Å². The van der Waals surface area contributed by atoms with Crippen LogP contribution in [0.2, 0.25) is 0 Å². The highest BCUT2D eigenvalue weighted by atomic mass is 14.2. The molecule has 156 valence electrons. The fraction of sp³-hybridized carbons (Fsp3) is 0.125. The fourth-order valence-corrected chi connectivity index (χ4v) is 4.94. The monoisotopic (exact) mass is 412 g/mol. The van der Waals surface area contributed by atoms with Gasteiger partial charge in [0.2, 0.25) is 0 Å². The van der Waals surface area contributed by atoms with Gasteiger partial charge in [0.1, 0.15) is 0 Å². The Morgan fingerprint density at radius 1 is 0.250 bits per heavy atom. The van der Waals surface area contributed by atoms with Gasteiger partial charge >= 0.3 is 0 Å². The Kier molecular flexibility index (Phi) is 6.12. The molecule has 5 rings (SSSR count). The molecule has 0 aromatic heterocycles. The molecule has 0 saturated carbocycles. The van der Waals surface area contributed by atoms with Crippen LogP contribution >= 0.6 is 0 Å². The van der Waals surface area contributed by atoms with Crippen molar-refractivity contribution in [3.63, 3.8) is 0 Å². The molecule has 0 radical (unpaired) electrons. The zero-order valence-corrected chi connectivity index (χ0v) is 18.4. The van der Waals surface area contributed by atoms with Crippen LogP contribution in [0.15, 0.2) is 121 Å². The van der Waals surface area contributed by atoms with Gasteiger partial charge < -0.3 is 0 Å². The number of allylic oxidation sites excluding steroid dienone is 4. The summed E-state index contributed by atoms with van der Waals surface area (Å²) in [5, 5.41) is 0. The molecule has 32 heavy (non-hydrogen) atoms. The summed E-state index contributed by atoms with van der Waals surface area (Å²) in [6.07, 6.45) is 4.15. The molecule has 0 atom stereocenters. The van der Waals surface area contributed by atoms with E-state index in [1.54, 1.807) is 0 Å². The molecule has 0 amide bonds. The number of hydrogen-bond donors (Lipinski definition) is 0. The smallest absolute Gasteiger partial charge is 0.0221 e. The summed E-state index contributed by atoms with van der Waals surface area (Å²) in [7, 11) is 0. The normalized spacial score (nSPS) is 14.8. The first-order valence-electron chi connectivity index (χ1n) is 11.6. The highest BCUT2D eigenvalue weighted by Crippen LogP contribution is 2.42. The molecule has 1 aliphatic rings. The lowest BCUT2D eigenvalue weighted by atomic mass is 9.80. The lowest BCUT2D eigenvalue weighted by Crippen LogP contribution is -2.02. The molecule has 0 N–H and O–H groups in total. The molecule has 0 saturated heterocycles. The van der Waals surface area contributed by atoms with E-state index in [-0.39, 0.29) is 0 Å². The van der Waals surface area contributed by atoms with Crippen molar-refractivity contribution in [2.75, 3.05) is 0 Å². The van der Waals surface area contributed by atoms with Crippen LogP contribution < -0.4 is 0 Å². The van der Waals surface area contributed by atoms with Crippen LogP contribution in [0.4, 0.5) is 0 Å². The van der Waals surface area contributed by atoms with E-state index < -0.39 is 0 Å². The van der Waals surface area contributed by atoms with E-state index in [9.17, 15) is 0 Å². The van der Waals surface area contributed by atoms with E-state index >= 15 is 0 Å². The van der Waals surface area contributed by atoms with Crippen LogP contribution in [0.5, 0.6) is 0 Å². The van der Waals surface area contributed by atoms with E-state index in [0.717, 1.165) is 25.7 Å². The molecule has 0 aliphatic heterocycles. The third-order valence-corrected chi connectivity index (χ3v) is 6.47. The SMILES string of the molecule is c1ccc(C2=C(c3ccccc3)CCC(c3ccccc3)=C(c3ccccc3)CC2)cc1. The lowest BCUT2D eigenvalue weighted by molar-refractivity contribution is 1.01. The minimum Gasteiger partial charge on any atom is -0.0622 e. The fourth-order valence-electron chi connectivity index (χ4n) is 4.94. The number of benzene rings is 4. The predicted molar refractivity (Wildman–Crippen MR) is 138 cm³/mol. The standard InChI is InChI=1S/C32H28/c1-5-13-25(14-6-1)29-21-22-31(27-17-9-3-10-18-27)32(28-19-11-4-12-20-28)24-23-30(29)26-15-7-2-8-16-26/h1-20H,21-24H2. The zero-order chi connectivity index (χ0) is 21.6. The summed E-state index contributed by atoms with van der Waals surface area (Å²) < 4.78 is 0. The van der Waals surface area contributed by atoms with Crippen LogP contribution in [0, 0.1) is 0 Å². The van der Waals surface area contributed by atoms with Gasteiger partial charge in [-0.2, -0.15) is 0 Å². The molecule has 4 aromatic carbocycles. The first kappa shape index (κ1) is 20.3. The molecular formula is C32H28. The van der Waals surface area contributed by atoms with E-state index in [1.165, 1.54) is 44.5 Å². The van der Waals surface area contributed by atoms with Crippen LogP contribution in [0.25, 0.3) is 22.3 Å². The predicted octanol–water partition coefficient (Wildman–Crippen LogP) is 8.78. The third-order valence-electron chi connectivity index (χ3n) is 6.47. The van der Waals surface area contributed by atoms with Crippen molar-refractivity contribution in [2.24, 2.45) is 0 Å². The van der Waals surface area contributed by atoms with E-state index in [4.69, 9.17) is 0 Å². The van der Waals surface area contributed by atoms with Gasteiger partial charge in [-0.25, -0.2) is 0 Å². The maximum atomic E-state index is 2.27. The highest BCUT2D eigenvalue weighted by molar-refractivity contribution is 5.97. The minimum absolute atomic E-state index is 1.04. The Bertz CT molecular complexity index is 1010. The second-order valence-electron chi connectivity index (χ2n) is 8.38. The summed E-state index contributed by atoms with van der Waals surface area (Å²) in [6, 6.07) is 43.9. The third kappa shape index (κ3) is 4.36. The molecule has 0 fully saturated rings. The summed E-state index contributed by atoms with van der Waals surface area (Å²) in [6.45, 7) is 0. The van der Waals surface area contributed by atoms with Crippen molar-refractivity contribution in [1.29, 1.82) is 0 Å².